The van der Waals surface area contributed by atoms with Gasteiger partial charge in [-0.15, -0.1) is 0 Å². The molecule has 2 aromatic heterocycles. The Bertz CT molecular complexity index is 887. The minimum atomic E-state index is 0.180. The van der Waals surface area contributed by atoms with Crippen LogP contribution in [0.25, 0.3) is 0 Å². The number of aryl methyl sites for hydroxylation is 1. The van der Waals surface area contributed by atoms with Crippen LogP contribution >= 0.6 is 0 Å². The number of benzene rings is 1. The summed E-state index contributed by atoms with van der Waals surface area (Å²) in [5.41, 5.74) is 5.76. The first kappa shape index (κ1) is 19.6. The summed E-state index contributed by atoms with van der Waals surface area (Å²) in [4.78, 5) is 20.2. The molecule has 6 nitrogen and oxygen atoms in total. The molecule has 3 heterocycles. The first-order chi connectivity index (χ1) is 13.5. The van der Waals surface area contributed by atoms with Gasteiger partial charge in [-0.2, -0.15) is 5.10 Å². The Labute approximate surface area is 166 Å². The van der Waals surface area contributed by atoms with Crippen molar-refractivity contribution in [3.8, 4) is 0 Å². The van der Waals surface area contributed by atoms with Gasteiger partial charge in [0.15, 0.2) is 0 Å². The highest BCUT2D eigenvalue weighted by molar-refractivity contribution is 5.79. The molecule has 0 aliphatic carbocycles. The SMILES string of the molecule is CN(C)c1ccc(CC(=O)N2CCc3[nH]ncc3C2)cc1.Cc1ccncc1. The topological polar surface area (TPSA) is 65.1 Å². The summed E-state index contributed by atoms with van der Waals surface area (Å²) in [7, 11) is 4.02. The third-order valence-corrected chi connectivity index (χ3v) is 4.81. The number of hydrogen-bond acceptors (Lipinski definition) is 4. The minimum absolute atomic E-state index is 0.180. The van der Waals surface area contributed by atoms with Crippen LogP contribution in [0.2, 0.25) is 0 Å². The molecule has 0 saturated heterocycles. The van der Waals surface area contributed by atoms with Crippen LogP contribution in [-0.2, 0) is 24.2 Å². The van der Waals surface area contributed by atoms with Crippen molar-refractivity contribution >= 4 is 11.6 Å². The molecule has 146 valence electrons. The highest BCUT2D eigenvalue weighted by atomic mass is 16.2. The van der Waals surface area contributed by atoms with Gasteiger partial charge in [-0.25, -0.2) is 0 Å². The molecule has 1 aromatic carbocycles. The van der Waals surface area contributed by atoms with Gasteiger partial charge in [-0.1, -0.05) is 12.1 Å². The van der Waals surface area contributed by atoms with Crippen LogP contribution in [-0.4, -0.2) is 46.6 Å². The molecular weight excluding hydrogens is 350 g/mol. The zero-order valence-corrected chi connectivity index (χ0v) is 16.7. The van der Waals surface area contributed by atoms with E-state index in [1.165, 1.54) is 5.56 Å². The Hall–Kier alpha value is -3.15. The number of hydrogen-bond donors (Lipinski definition) is 1. The zero-order valence-electron chi connectivity index (χ0n) is 16.7. The first-order valence-electron chi connectivity index (χ1n) is 9.44. The van der Waals surface area contributed by atoms with Crippen LogP contribution in [0.3, 0.4) is 0 Å². The number of carbonyl (C=O) groups excluding carboxylic acids is 1. The Morgan fingerprint density at radius 2 is 1.86 bits per heavy atom. The number of anilines is 1. The monoisotopic (exact) mass is 377 g/mol. The number of amides is 1. The molecule has 6 heteroatoms. The van der Waals surface area contributed by atoms with E-state index in [0.29, 0.717) is 13.0 Å². The van der Waals surface area contributed by atoms with Gasteiger partial charge >= 0.3 is 0 Å². The van der Waals surface area contributed by atoms with Gasteiger partial charge in [0, 0.05) is 62.9 Å². The number of nitrogens with one attached hydrogen (secondary N) is 1. The Morgan fingerprint density at radius 3 is 2.46 bits per heavy atom. The maximum Gasteiger partial charge on any atom is 0.227 e. The smallest absolute Gasteiger partial charge is 0.227 e. The summed E-state index contributed by atoms with van der Waals surface area (Å²) in [6.45, 7) is 3.48. The molecule has 0 atom stereocenters. The van der Waals surface area contributed by atoms with Crippen molar-refractivity contribution in [1.29, 1.82) is 0 Å². The molecule has 4 rings (SSSR count). The number of fused-ring (bicyclic) bond motifs is 1. The van der Waals surface area contributed by atoms with Crippen LogP contribution in [0.5, 0.6) is 0 Å². The fourth-order valence-corrected chi connectivity index (χ4v) is 3.06. The molecule has 1 aliphatic rings. The number of H-pyrrole nitrogens is 1. The lowest BCUT2D eigenvalue weighted by atomic mass is 10.1. The largest absolute Gasteiger partial charge is 0.378 e. The summed E-state index contributed by atoms with van der Waals surface area (Å²) < 4.78 is 0. The third kappa shape index (κ3) is 5.19. The highest BCUT2D eigenvalue weighted by Gasteiger charge is 2.21. The van der Waals surface area contributed by atoms with Crippen LogP contribution in [0.15, 0.2) is 55.0 Å². The molecule has 3 aromatic rings. The van der Waals surface area contributed by atoms with E-state index in [9.17, 15) is 4.79 Å². The van der Waals surface area contributed by atoms with Gasteiger partial charge in [0.2, 0.25) is 5.91 Å². The van der Waals surface area contributed by atoms with Gasteiger partial charge in [0.25, 0.3) is 0 Å². The number of carbonyl (C=O) groups is 1. The van der Waals surface area contributed by atoms with E-state index >= 15 is 0 Å². The molecule has 0 radical (unpaired) electrons. The number of rotatable bonds is 3. The molecule has 1 amide bonds. The van der Waals surface area contributed by atoms with Gasteiger partial charge in [0.05, 0.1) is 12.6 Å². The lowest BCUT2D eigenvalue weighted by molar-refractivity contribution is -0.131. The lowest BCUT2D eigenvalue weighted by Crippen LogP contribution is -2.36. The van der Waals surface area contributed by atoms with Crippen molar-refractivity contribution < 1.29 is 4.79 Å². The number of aromatic amines is 1. The fourth-order valence-electron chi connectivity index (χ4n) is 3.06. The van der Waals surface area contributed by atoms with Crippen LogP contribution in [0.4, 0.5) is 5.69 Å². The van der Waals surface area contributed by atoms with Crippen molar-refractivity contribution in [3.63, 3.8) is 0 Å². The number of aromatic nitrogens is 3. The van der Waals surface area contributed by atoms with Crippen molar-refractivity contribution in [3.05, 3.63) is 77.4 Å². The first-order valence-corrected chi connectivity index (χ1v) is 9.44. The van der Waals surface area contributed by atoms with E-state index in [-0.39, 0.29) is 5.91 Å². The standard InChI is InChI=1S/C16H20N4O.C6H7N/c1-19(2)14-5-3-12(4-6-14)9-16(21)20-8-7-15-13(11-20)10-17-18-15;1-6-2-4-7-5-3-6/h3-6,10H,7-9,11H2,1-2H3,(H,17,18);2-5H,1H3. The molecule has 0 spiro atoms. The summed E-state index contributed by atoms with van der Waals surface area (Å²) in [5.74, 6) is 0.180. The van der Waals surface area contributed by atoms with E-state index < -0.39 is 0 Å². The van der Waals surface area contributed by atoms with Crippen molar-refractivity contribution in [2.45, 2.75) is 26.3 Å². The van der Waals surface area contributed by atoms with Gasteiger partial charge in [0.1, 0.15) is 0 Å². The van der Waals surface area contributed by atoms with Gasteiger partial charge in [-0.3, -0.25) is 14.9 Å². The highest BCUT2D eigenvalue weighted by Crippen LogP contribution is 2.18. The third-order valence-electron chi connectivity index (χ3n) is 4.81. The average Bonchev–Trinajstić information content (AvgIpc) is 3.17. The van der Waals surface area contributed by atoms with E-state index in [0.717, 1.165) is 35.5 Å². The van der Waals surface area contributed by atoms with Crippen molar-refractivity contribution in [2.75, 3.05) is 25.5 Å². The minimum Gasteiger partial charge on any atom is -0.378 e. The van der Waals surface area contributed by atoms with Gasteiger partial charge < -0.3 is 9.80 Å². The van der Waals surface area contributed by atoms with E-state index in [1.807, 2.05) is 68.5 Å². The average molecular weight is 377 g/mol. The predicted octanol–water partition coefficient (Wildman–Crippen LogP) is 2.99. The predicted molar refractivity (Wildman–Crippen MR) is 111 cm³/mol. The number of pyridine rings is 1. The fraction of sp³-hybridized carbons (Fsp3) is 0.318. The van der Waals surface area contributed by atoms with Crippen molar-refractivity contribution in [1.82, 2.24) is 20.1 Å². The van der Waals surface area contributed by atoms with Crippen LogP contribution < -0.4 is 4.90 Å². The second-order valence-corrected chi connectivity index (χ2v) is 7.20. The molecule has 0 saturated carbocycles. The molecule has 0 unspecified atom stereocenters. The summed E-state index contributed by atoms with van der Waals surface area (Å²) >= 11 is 0. The Balaban J connectivity index is 0.000000271. The Morgan fingerprint density at radius 1 is 1.14 bits per heavy atom. The molecular formula is C22H27N5O. The quantitative estimate of drug-likeness (QED) is 0.762. The molecule has 0 fully saturated rings. The molecule has 1 aliphatic heterocycles. The molecule has 28 heavy (non-hydrogen) atoms. The van der Waals surface area contributed by atoms with E-state index in [1.54, 1.807) is 12.4 Å². The Kier molecular flexibility index (Phi) is 6.42. The van der Waals surface area contributed by atoms with E-state index in [2.05, 4.69) is 20.1 Å². The lowest BCUT2D eigenvalue weighted by Gasteiger charge is -2.26. The summed E-state index contributed by atoms with van der Waals surface area (Å²) in [5, 5.41) is 7.03. The van der Waals surface area contributed by atoms with Crippen LogP contribution in [0.1, 0.15) is 22.4 Å². The second kappa shape index (κ2) is 9.17. The normalized spacial score (nSPS) is 12.6. The maximum atomic E-state index is 12.4. The zero-order chi connectivity index (χ0) is 19.9. The van der Waals surface area contributed by atoms with E-state index in [4.69, 9.17) is 0 Å². The summed E-state index contributed by atoms with van der Waals surface area (Å²) in [6, 6.07) is 12.1. The van der Waals surface area contributed by atoms with Crippen molar-refractivity contribution in [2.24, 2.45) is 0 Å². The maximum absolute atomic E-state index is 12.4. The van der Waals surface area contributed by atoms with Gasteiger partial charge in [-0.05, 0) is 42.3 Å². The molecule has 0 bridgehead atoms. The van der Waals surface area contributed by atoms with Crippen LogP contribution in [0, 0.1) is 6.92 Å². The number of nitrogens with zero attached hydrogens (tertiary/aromatic N) is 4. The summed E-state index contributed by atoms with van der Waals surface area (Å²) in [6.07, 6.45) is 6.72. The second-order valence-electron chi connectivity index (χ2n) is 7.20. The molecule has 1 N–H and O–H groups in total.